The van der Waals surface area contributed by atoms with Crippen LogP contribution in [-0.2, 0) is 9.59 Å². The first-order valence-corrected chi connectivity index (χ1v) is 8.13. The number of hydrogen-bond donors (Lipinski definition) is 1. The van der Waals surface area contributed by atoms with E-state index in [1.54, 1.807) is 18.1 Å². The first-order valence-electron chi connectivity index (χ1n) is 8.13. The summed E-state index contributed by atoms with van der Waals surface area (Å²) in [6, 6.07) is 5.47. The average molecular weight is 314 g/mol. The fourth-order valence-corrected chi connectivity index (χ4v) is 3.16. The summed E-state index contributed by atoms with van der Waals surface area (Å²) < 4.78 is 5.42. The molecule has 122 valence electrons. The van der Waals surface area contributed by atoms with Gasteiger partial charge in [-0.15, -0.1) is 0 Å². The zero-order valence-corrected chi connectivity index (χ0v) is 13.4. The van der Waals surface area contributed by atoms with Crippen molar-refractivity contribution in [1.29, 1.82) is 0 Å². The molecule has 0 saturated carbocycles. The lowest BCUT2D eigenvalue weighted by molar-refractivity contribution is -0.120. The summed E-state index contributed by atoms with van der Waals surface area (Å²) >= 11 is 0. The maximum atomic E-state index is 12.3. The Morgan fingerprint density at radius 1 is 1.35 bits per heavy atom. The highest BCUT2D eigenvalue weighted by Crippen LogP contribution is 2.34. The molecule has 0 radical (unpaired) electrons. The molecule has 0 aromatic heterocycles. The van der Waals surface area contributed by atoms with E-state index in [9.17, 15) is 9.59 Å². The molecular formula is C18H22N2O3. The molecule has 0 bridgehead atoms. The highest BCUT2D eigenvalue weighted by molar-refractivity contribution is 5.98. The quantitative estimate of drug-likeness (QED) is 0.869. The summed E-state index contributed by atoms with van der Waals surface area (Å²) in [6.07, 6.45) is 8.28. The van der Waals surface area contributed by atoms with E-state index in [2.05, 4.69) is 17.5 Å². The number of allylic oxidation sites excluding steroid dienone is 2. The van der Waals surface area contributed by atoms with Crippen LogP contribution in [0.25, 0.3) is 0 Å². The Morgan fingerprint density at radius 3 is 2.87 bits per heavy atom. The molecule has 2 amide bonds. The smallest absolute Gasteiger partial charge is 0.227 e. The van der Waals surface area contributed by atoms with E-state index in [1.807, 2.05) is 12.1 Å². The largest absolute Gasteiger partial charge is 0.494 e. The third-order valence-corrected chi connectivity index (χ3v) is 4.45. The normalized spacial score (nSPS) is 20.7. The van der Waals surface area contributed by atoms with Crippen LogP contribution in [0, 0.1) is 5.92 Å². The molecule has 1 heterocycles. The van der Waals surface area contributed by atoms with Gasteiger partial charge in [-0.1, -0.05) is 12.2 Å². The fraction of sp³-hybridized carbons (Fsp3) is 0.444. The van der Waals surface area contributed by atoms with Crippen LogP contribution in [0.15, 0.2) is 30.4 Å². The van der Waals surface area contributed by atoms with E-state index in [-0.39, 0.29) is 17.7 Å². The Labute approximate surface area is 136 Å². The first kappa shape index (κ1) is 15.6. The summed E-state index contributed by atoms with van der Waals surface area (Å²) in [5, 5.41) is 2.96. The second kappa shape index (κ2) is 6.86. The summed E-state index contributed by atoms with van der Waals surface area (Å²) in [7, 11) is 1.58. The van der Waals surface area contributed by atoms with Gasteiger partial charge in [-0.3, -0.25) is 9.59 Å². The van der Waals surface area contributed by atoms with Crippen molar-refractivity contribution in [3.8, 4) is 5.75 Å². The second-order valence-corrected chi connectivity index (χ2v) is 6.01. The van der Waals surface area contributed by atoms with Crippen LogP contribution >= 0.6 is 0 Å². The minimum Gasteiger partial charge on any atom is -0.494 e. The van der Waals surface area contributed by atoms with E-state index in [0.29, 0.717) is 17.9 Å². The number of nitrogens with zero attached hydrogens (tertiary/aromatic N) is 1. The highest BCUT2D eigenvalue weighted by Gasteiger charge is 2.25. The predicted octanol–water partition coefficient (Wildman–Crippen LogP) is 3.12. The van der Waals surface area contributed by atoms with Gasteiger partial charge < -0.3 is 15.0 Å². The number of methoxy groups -OCH3 is 1. The molecule has 0 spiro atoms. The van der Waals surface area contributed by atoms with Crippen LogP contribution in [0.2, 0.25) is 0 Å². The number of hydrogen-bond acceptors (Lipinski definition) is 3. The van der Waals surface area contributed by atoms with Gasteiger partial charge >= 0.3 is 0 Å². The zero-order chi connectivity index (χ0) is 16.2. The Kier molecular flexibility index (Phi) is 4.65. The van der Waals surface area contributed by atoms with E-state index in [4.69, 9.17) is 4.74 Å². The van der Waals surface area contributed by atoms with Gasteiger partial charge in [-0.05, 0) is 37.8 Å². The average Bonchev–Trinajstić information content (AvgIpc) is 3.01. The molecule has 2 aliphatic rings. The Bertz CT molecular complexity index is 639. The highest BCUT2D eigenvalue weighted by atomic mass is 16.5. The zero-order valence-electron chi connectivity index (χ0n) is 13.4. The number of carbonyl (C=O) groups excluding carboxylic acids is 2. The van der Waals surface area contributed by atoms with Gasteiger partial charge in [0.15, 0.2) is 0 Å². The van der Waals surface area contributed by atoms with Crippen LogP contribution in [-0.4, -0.2) is 25.5 Å². The van der Waals surface area contributed by atoms with Crippen molar-refractivity contribution in [1.82, 2.24) is 0 Å². The predicted molar refractivity (Wildman–Crippen MR) is 89.7 cm³/mol. The maximum absolute atomic E-state index is 12.3. The topological polar surface area (TPSA) is 58.6 Å². The Balaban J connectivity index is 1.75. The molecule has 0 unspecified atom stereocenters. The minimum atomic E-state index is 0.0332. The molecule has 3 rings (SSSR count). The molecule has 1 aromatic carbocycles. The molecule has 1 aliphatic heterocycles. The molecular weight excluding hydrogens is 292 g/mol. The molecule has 23 heavy (non-hydrogen) atoms. The van der Waals surface area contributed by atoms with Crippen LogP contribution in [0.1, 0.15) is 32.1 Å². The summed E-state index contributed by atoms with van der Waals surface area (Å²) in [4.78, 5) is 26.0. The van der Waals surface area contributed by atoms with Crippen molar-refractivity contribution in [3.63, 3.8) is 0 Å². The SMILES string of the molecule is COc1cc(NC(=O)[C@@H]2CC=CCC2)ccc1N1CCCC1=O. The van der Waals surface area contributed by atoms with Crippen LogP contribution < -0.4 is 15.0 Å². The summed E-state index contributed by atoms with van der Waals surface area (Å²) in [6.45, 7) is 0.718. The van der Waals surface area contributed by atoms with Crippen molar-refractivity contribution in [3.05, 3.63) is 30.4 Å². The molecule has 1 N–H and O–H groups in total. The first-order chi connectivity index (χ1) is 11.2. The minimum absolute atomic E-state index is 0.0332. The van der Waals surface area contributed by atoms with E-state index < -0.39 is 0 Å². The fourth-order valence-electron chi connectivity index (χ4n) is 3.16. The van der Waals surface area contributed by atoms with Gasteiger partial charge in [0, 0.05) is 30.6 Å². The molecule has 1 saturated heterocycles. The van der Waals surface area contributed by atoms with Crippen LogP contribution in [0.3, 0.4) is 0 Å². The van der Waals surface area contributed by atoms with Crippen molar-refractivity contribution >= 4 is 23.2 Å². The molecule has 5 nitrogen and oxygen atoms in total. The summed E-state index contributed by atoms with van der Waals surface area (Å²) in [5.41, 5.74) is 1.48. The van der Waals surface area contributed by atoms with Crippen LogP contribution in [0.4, 0.5) is 11.4 Å². The molecule has 1 fully saturated rings. The van der Waals surface area contributed by atoms with Crippen LogP contribution in [0.5, 0.6) is 5.75 Å². The third kappa shape index (κ3) is 3.38. The van der Waals surface area contributed by atoms with Gasteiger partial charge in [0.05, 0.1) is 12.8 Å². The molecule has 1 aliphatic carbocycles. The summed E-state index contributed by atoms with van der Waals surface area (Å²) in [5.74, 6) is 0.808. The third-order valence-electron chi connectivity index (χ3n) is 4.45. The van der Waals surface area contributed by atoms with Crippen molar-refractivity contribution in [2.75, 3.05) is 23.9 Å². The van der Waals surface area contributed by atoms with Gasteiger partial charge in [0.2, 0.25) is 11.8 Å². The van der Waals surface area contributed by atoms with Crippen molar-refractivity contribution in [2.45, 2.75) is 32.1 Å². The standard InChI is InChI=1S/C18H22N2O3/c1-23-16-12-14(19-18(22)13-6-3-2-4-7-13)9-10-15(16)20-11-5-8-17(20)21/h2-3,9-10,12-13H,4-8,11H2,1H3,(H,19,22)/t13-/m1/s1. The van der Waals surface area contributed by atoms with Gasteiger partial charge in [-0.25, -0.2) is 0 Å². The molecule has 5 heteroatoms. The van der Waals surface area contributed by atoms with Gasteiger partial charge in [-0.2, -0.15) is 0 Å². The Morgan fingerprint density at radius 2 is 2.22 bits per heavy atom. The lowest BCUT2D eigenvalue weighted by Gasteiger charge is -2.21. The van der Waals surface area contributed by atoms with Crippen molar-refractivity contribution in [2.24, 2.45) is 5.92 Å². The monoisotopic (exact) mass is 314 g/mol. The lowest BCUT2D eigenvalue weighted by Crippen LogP contribution is -2.25. The number of carbonyl (C=O) groups is 2. The van der Waals surface area contributed by atoms with Gasteiger partial charge in [0.25, 0.3) is 0 Å². The van der Waals surface area contributed by atoms with Gasteiger partial charge in [0.1, 0.15) is 5.75 Å². The number of rotatable bonds is 4. The Hall–Kier alpha value is -2.30. The number of nitrogens with one attached hydrogen (secondary N) is 1. The van der Waals surface area contributed by atoms with E-state index in [1.165, 1.54) is 0 Å². The number of anilines is 2. The maximum Gasteiger partial charge on any atom is 0.227 e. The molecule has 1 aromatic rings. The second-order valence-electron chi connectivity index (χ2n) is 6.01. The van der Waals surface area contributed by atoms with Crippen molar-refractivity contribution < 1.29 is 14.3 Å². The van der Waals surface area contributed by atoms with E-state index in [0.717, 1.165) is 37.9 Å². The number of benzene rings is 1. The molecule has 1 atom stereocenters. The number of amides is 2. The lowest BCUT2D eigenvalue weighted by atomic mass is 9.93. The number of ether oxygens (including phenoxy) is 1. The van der Waals surface area contributed by atoms with E-state index >= 15 is 0 Å².